The van der Waals surface area contributed by atoms with E-state index in [2.05, 4.69) is 30.1 Å². The number of ether oxygens (including phenoxy) is 1. The third-order valence-corrected chi connectivity index (χ3v) is 3.75. The summed E-state index contributed by atoms with van der Waals surface area (Å²) in [4.78, 5) is 2.45. The zero-order valence-electron chi connectivity index (χ0n) is 13.3. The highest BCUT2D eigenvalue weighted by Crippen LogP contribution is 2.14. The second-order valence-electron chi connectivity index (χ2n) is 5.22. The molecule has 0 aromatic rings. The van der Waals surface area contributed by atoms with Crippen molar-refractivity contribution < 1.29 is 4.74 Å². The quantitative estimate of drug-likeness (QED) is 0.626. The highest BCUT2D eigenvalue weighted by Gasteiger charge is 2.24. The SMILES string of the molecule is CCNC(C)(C#N)CCN(CCOC)C(CC)CC. The van der Waals surface area contributed by atoms with Crippen LogP contribution in [0, 0.1) is 11.3 Å². The van der Waals surface area contributed by atoms with Crippen LogP contribution in [0.15, 0.2) is 0 Å². The molecular weight excluding hydrogens is 238 g/mol. The van der Waals surface area contributed by atoms with Crippen LogP contribution in [0.1, 0.15) is 47.0 Å². The van der Waals surface area contributed by atoms with Crippen LogP contribution in [0.2, 0.25) is 0 Å². The molecule has 0 saturated heterocycles. The third kappa shape index (κ3) is 6.91. The minimum absolute atomic E-state index is 0.424. The molecule has 0 amide bonds. The van der Waals surface area contributed by atoms with Gasteiger partial charge in [-0.05, 0) is 32.7 Å². The summed E-state index contributed by atoms with van der Waals surface area (Å²) in [5, 5.41) is 12.6. The number of nitrogens with zero attached hydrogens (tertiary/aromatic N) is 2. The van der Waals surface area contributed by atoms with Crippen molar-refractivity contribution >= 4 is 0 Å². The third-order valence-electron chi connectivity index (χ3n) is 3.75. The molecule has 0 spiro atoms. The summed E-state index contributed by atoms with van der Waals surface area (Å²) < 4.78 is 5.19. The Hall–Kier alpha value is -0.630. The van der Waals surface area contributed by atoms with Crippen LogP contribution in [0.3, 0.4) is 0 Å². The number of hydrogen-bond donors (Lipinski definition) is 1. The van der Waals surface area contributed by atoms with Crippen molar-refractivity contribution in [2.24, 2.45) is 0 Å². The molecule has 4 heteroatoms. The number of nitrogens with one attached hydrogen (secondary N) is 1. The van der Waals surface area contributed by atoms with Crippen molar-refractivity contribution in [3.05, 3.63) is 0 Å². The highest BCUT2D eigenvalue weighted by molar-refractivity contribution is 5.03. The maximum atomic E-state index is 9.30. The van der Waals surface area contributed by atoms with Crippen LogP contribution in [0.5, 0.6) is 0 Å². The summed E-state index contributed by atoms with van der Waals surface area (Å²) in [5.74, 6) is 0. The minimum Gasteiger partial charge on any atom is -0.383 e. The first-order valence-corrected chi connectivity index (χ1v) is 7.46. The van der Waals surface area contributed by atoms with Gasteiger partial charge in [0.25, 0.3) is 0 Å². The Balaban J connectivity index is 4.50. The molecule has 0 saturated carbocycles. The highest BCUT2D eigenvalue weighted by atomic mass is 16.5. The fourth-order valence-corrected chi connectivity index (χ4v) is 2.43. The van der Waals surface area contributed by atoms with Crippen molar-refractivity contribution in [3.63, 3.8) is 0 Å². The fourth-order valence-electron chi connectivity index (χ4n) is 2.43. The minimum atomic E-state index is -0.424. The molecule has 1 unspecified atom stereocenters. The summed E-state index contributed by atoms with van der Waals surface area (Å²) in [6, 6.07) is 2.98. The van der Waals surface area contributed by atoms with Gasteiger partial charge in [-0.1, -0.05) is 20.8 Å². The Morgan fingerprint density at radius 2 is 1.89 bits per heavy atom. The zero-order valence-corrected chi connectivity index (χ0v) is 13.3. The van der Waals surface area contributed by atoms with E-state index in [-0.39, 0.29) is 0 Å². The summed E-state index contributed by atoms with van der Waals surface area (Å²) in [6.45, 7) is 11.9. The van der Waals surface area contributed by atoms with Crippen molar-refractivity contribution in [1.82, 2.24) is 10.2 Å². The molecule has 1 atom stereocenters. The van der Waals surface area contributed by atoms with E-state index in [0.29, 0.717) is 6.04 Å². The van der Waals surface area contributed by atoms with Gasteiger partial charge in [0.1, 0.15) is 5.54 Å². The molecule has 0 aliphatic rings. The Morgan fingerprint density at radius 1 is 1.26 bits per heavy atom. The van der Waals surface area contributed by atoms with E-state index >= 15 is 0 Å². The Morgan fingerprint density at radius 3 is 2.32 bits per heavy atom. The van der Waals surface area contributed by atoms with Gasteiger partial charge in [0.2, 0.25) is 0 Å². The topological polar surface area (TPSA) is 48.3 Å². The van der Waals surface area contributed by atoms with Crippen molar-refractivity contribution in [2.75, 3.05) is 33.4 Å². The standard InChI is InChI=1S/C15H31N3O/c1-6-14(7-2)18(11-12-19-5)10-9-15(4,13-16)17-8-3/h14,17H,6-12H2,1-5H3. The molecular formula is C15H31N3O. The van der Waals surface area contributed by atoms with E-state index in [1.807, 2.05) is 13.8 Å². The van der Waals surface area contributed by atoms with E-state index in [9.17, 15) is 5.26 Å². The molecule has 0 aliphatic heterocycles. The van der Waals surface area contributed by atoms with Gasteiger partial charge in [-0.2, -0.15) is 5.26 Å². The maximum Gasteiger partial charge on any atom is 0.105 e. The lowest BCUT2D eigenvalue weighted by molar-refractivity contribution is 0.109. The molecule has 0 aromatic carbocycles. The van der Waals surface area contributed by atoms with Crippen molar-refractivity contribution in [3.8, 4) is 6.07 Å². The van der Waals surface area contributed by atoms with Gasteiger partial charge in [-0.25, -0.2) is 0 Å². The van der Waals surface area contributed by atoms with Crippen LogP contribution in [-0.4, -0.2) is 49.8 Å². The average Bonchev–Trinajstić information content (AvgIpc) is 2.42. The first-order chi connectivity index (χ1) is 9.06. The van der Waals surface area contributed by atoms with Crippen LogP contribution in [0.4, 0.5) is 0 Å². The van der Waals surface area contributed by atoms with Gasteiger partial charge in [0.15, 0.2) is 0 Å². The van der Waals surface area contributed by atoms with Gasteiger partial charge in [-0.15, -0.1) is 0 Å². The summed E-state index contributed by atoms with van der Waals surface area (Å²) in [5.41, 5.74) is -0.424. The predicted octanol–water partition coefficient (Wildman–Crippen LogP) is 2.41. The predicted molar refractivity (Wildman–Crippen MR) is 80.1 cm³/mol. The lowest BCUT2D eigenvalue weighted by atomic mass is 9.98. The second kappa shape index (κ2) is 10.2. The molecule has 0 radical (unpaired) electrons. The van der Waals surface area contributed by atoms with Crippen LogP contribution < -0.4 is 5.32 Å². The number of nitriles is 1. The molecule has 1 N–H and O–H groups in total. The van der Waals surface area contributed by atoms with Crippen molar-refractivity contribution in [1.29, 1.82) is 5.26 Å². The van der Waals surface area contributed by atoms with Crippen LogP contribution >= 0.6 is 0 Å². The summed E-state index contributed by atoms with van der Waals surface area (Å²) >= 11 is 0. The summed E-state index contributed by atoms with van der Waals surface area (Å²) in [6.07, 6.45) is 3.13. The molecule has 0 rings (SSSR count). The van der Waals surface area contributed by atoms with Crippen molar-refractivity contribution in [2.45, 2.75) is 58.5 Å². The largest absolute Gasteiger partial charge is 0.383 e. The Bertz CT molecular complexity index is 261. The lowest BCUT2D eigenvalue weighted by Gasteiger charge is -2.33. The normalized spacial score (nSPS) is 14.6. The number of methoxy groups -OCH3 is 1. The maximum absolute atomic E-state index is 9.30. The first-order valence-electron chi connectivity index (χ1n) is 7.46. The van der Waals surface area contributed by atoms with E-state index in [1.54, 1.807) is 7.11 Å². The molecule has 19 heavy (non-hydrogen) atoms. The second-order valence-corrected chi connectivity index (χ2v) is 5.22. The monoisotopic (exact) mass is 269 g/mol. The van der Waals surface area contributed by atoms with Gasteiger partial charge in [0, 0.05) is 26.2 Å². The smallest absolute Gasteiger partial charge is 0.105 e. The molecule has 4 nitrogen and oxygen atoms in total. The van der Waals surface area contributed by atoms with E-state index in [0.717, 1.165) is 45.5 Å². The molecule has 0 bridgehead atoms. The summed E-state index contributed by atoms with van der Waals surface area (Å²) in [7, 11) is 1.74. The average molecular weight is 269 g/mol. The number of rotatable bonds is 11. The molecule has 0 aliphatic carbocycles. The van der Waals surface area contributed by atoms with E-state index in [4.69, 9.17) is 4.74 Å². The Kier molecular flexibility index (Phi) is 9.85. The Labute approximate surface area is 119 Å². The van der Waals surface area contributed by atoms with Crippen LogP contribution in [-0.2, 0) is 4.74 Å². The van der Waals surface area contributed by atoms with Gasteiger partial charge >= 0.3 is 0 Å². The first kappa shape index (κ1) is 18.4. The molecule has 0 heterocycles. The van der Waals surface area contributed by atoms with Crippen LogP contribution in [0.25, 0.3) is 0 Å². The van der Waals surface area contributed by atoms with E-state index in [1.165, 1.54) is 0 Å². The number of hydrogen-bond acceptors (Lipinski definition) is 4. The van der Waals surface area contributed by atoms with Gasteiger partial charge < -0.3 is 4.74 Å². The van der Waals surface area contributed by atoms with E-state index < -0.39 is 5.54 Å². The molecule has 0 aromatic heterocycles. The molecule has 0 fully saturated rings. The van der Waals surface area contributed by atoms with Gasteiger partial charge in [0.05, 0.1) is 12.7 Å². The molecule has 112 valence electrons. The lowest BCUT2D eigenvalue weighted by Crippen LogP contribution is -2.46. The van der Waals surface area contributed by atoms with Gasteiger partial charge in [-0.3, -0.25) is 10.2 Å². The zero-order chi connectivity index (χ0) is 14.7. The fraction of sp³-hybridized carbons (Fsp3) is 0.933.